The predicted molar refractivity (Wildman–Crippen MR) is 141 cm³/mol. The summed E-state index contributed by atoms with van der Waals surface area (Å²) in [5.74, 6) is 0.358. The number of nitrogens with two attached hydrogens (primary N) is 1. The molecule has 2 nitrogen and oxygen atoms in total. The van der Waals surface area contributed by atoms with Crippen LogP contribution >= 0.6 is 0 Å². The molecule has 0 aromatic heterocycles. The topological polar surface area (TPSA) is 29.3 Å². The van der Waals surface area contributed by atoms with E-state index in [9.17, 15) is 0 Å². The molecule has 1 fully saturated rings. The second-order valence-corrected chi connectivity index (χ2v) is 10.8. The van der Waals surface area contributed by atoms with Gasteiger partial charge in [-0.15, -0.1) is 0 Å². The lowest BCUT2D eigenvalue weighted by Gasteiger charge is -2.38. The largest absolute Gasteiger partial charge is 0.328 e. The average molecular weight is 441 g/mol. The van der Waals surface area contributed by atoms with Gasteiger partial charge in [0.05, 0.1) is 0 Å². The third-order valence-corrected chi connectivity index (χ3v) is 7.28. The molecule has 1 aliphatic rings. The van der Waals surface area contributed by atoms with Crippen molar-refractivity contribution in [3.8, 4) is 0 Å². The summed E-state index contributed by atoms with van der Waals surface area (Å²) in [5, 5.41) is 0. The molecule has 3 aromatic carbocycles. The third-order valence-electron chi connectivity index (χ3n) is 7.28. The first-order chi connectivity index (χ1) is 15.9. The van der Waals surface area contributed by atoms with Gasteiger partial charge in [0.15, 0.2) is 0 Å². The summed E-state index contributed by atoms with van der Waals surface area (Å²) < 4.78 is 0. The number of hydrogen-bond acceptors (Lipinski definition) is 2. The lowest BCUT2D eigenvalue weighted by atomic mass is 9.86. The number of rotatable bonds is 7. The lowest BCUT2D eigenvalue weighted by molar-refractivity contribution is 0.137. The van der Waals surface area contributed by atoms with Gasteiger partial charge < -0.3 is 5.73 Å². The van der Waals surface area contributed by atoms with Crippen molar-refractivity contribution in [3.05, 3.63) is 107 Å². The minimum Gasteiger partial charge on any atom is -0.328 e. The predicted octanol–water partition coefficient (Wildman–Crippen LogP) is 6.89. The first-order valence-corrected chi connectivity index (χ1v) is 12.6. The van der Waals surface area contributed by atoms with Gasteiger partial charge in [-0.05, 0) is 53.4 Å². The molecule has 33 heavy (non-hydrogen) atoms. The maximum atomic E-state index is 6.27. The lowest BCUT2D eigenvalue weighted by Crippen LogP contribution is -2.42. The fourth-order valence-electron chi connectivity index (χ4n) is 5.16. The molecule has 2 N–H and O–H groups in total. The minimum absolute atomic E-state index is 0.184. The van der Waals surface area contributed by atoms with Crippen molar-refractivity contribution < 1.29 is 0 Å². The van der Waals surface area contributed by atoms with E-state index in [1.165, 1.54) is 35.1 Å². The van der Waals surface area contributed by atoms with Crippen LogP contribution in [0.3, 0.4) is 0 Å². The van der Waals surface area contributed by atoms with Crippen LogP contribution in [-0.2, 0) is 12.0 Å². The molecule has 0 saturated heterocycles. The molecule has 0 atom stereocenters. The van der Waals surface area contributed by atoms with E-state index in [2.05, 4.69) is 111 Å². The van der Waals surface area contributed by atoms with E-state index >= 15 is 0 Å². The van der Waals surface area contributed by atoms with E-state index in [-0.39, 0.29) is 5.41 Å². The molecule has 2 heteroatoms. The summed E-state index contributed by atoms with van der Waals surface area (Å²) in [6.07, 6.45) is 4.64. The van der Waals surface area contributed by atoms with Gasteiger partial charge in [0.1, 0.15) is 0 Å². The highest BCUT2D eigenvalue weighted by atomic mass is 15.2. The molecule has 0 spiro atoms. The SMILES string of the molecule is CC(C)(C)c1ccc(CN(CC(c2ccccc2)c2ccccc2)C2CCC(N)CC2)cc1. The van der Waals surface area contributed by atoms with Gasteiger partial charge in [-0.3, -0.25) is 4.90 Å². The molecule has 0 unspecified atom stereocenters. The molecule has 0 aliphatic heterocycles. The maximum absolute atomic E-state index is 6.27. The van der Waals surface area contributed by atoms with Crippen molar-refractivity contribution in [1.82, 2.24) is 4.90 Å². The Morgan fingerprint density at radius 1 is 0.758 bits per heavy atom. The molecule has 0 bridgehead atoms. The van der Waals surface area contributed by atoms with Gasteiger partial charge in [0.25, 0.3) is 0 Å². The van der Waals surface area contributed by atoms with E-state index in [0.29, 0.717) is 18.0 Å². The molecule has 1 aliphatic carbocycles. The molecule has 4 rings (SSSR count). The summed E-state index contributed by atoms with van der Waals surface area (Å²) in [5.41, 5.74) is 12.0. The molecule has 0 radical (unpaired) electrons. The van der Waals surface area contributed by atoms with Crippen LogP contribution in [0.15, 0.2) is 84.9 Å². The van der Waals surface area contributed by atoms with Crippen LogP contribution in [0.2, 0.25) is 0 Å². The van der Waals surface area contributed by atoms with Crippen molar-refractivity contribution in [2.45, 2.75) is 76.4 Å². The van der Waals surface area contributed by atoms with Crippen LogP contribution in [0.25, 0.3) is 0 Å². The molecular formula is C31H40N2. The fraction of sp³-hybridized carbons (Fsp3) is 0.419. The highest BCUT2D eigenvalue weighted by Gasteiger charge is 2.27. The van der Waals surface area contributed by atoms with E-state index in [4.69, 9.17) is 5.73 Å². The molecule has 1 saturated carbocycles. The van der Waals surface area contributed by atoms with Crippen LogP contribution in [0.1, 0.15) is 74.6 Å². The quantitative estimate of drug-likeness (QED) is 0.433. The normalized spacial score (nSPS) is 19.2. The van der Waals surface area contributed by atoms with Gasteiger partial charge in [-0.25, -0.2) is 0 Å². The Morgan fingerprint density at radius 3 is 1.76 bits per heavy atom. The first kappa shape index (κ1) is 23.7. The Kier molecular flexibility index (Phi) is 7.67. The van der Waals surface area contributed by atoms with E-state index in [1.54, 1.807) is 0 Å². The van der Waals surface area contributed by atoms with Gasteiger partial charge in [0.2, 0.25) is 0 Å². The second-order valence-electron chi connectivity index (χ2n) is 10.8. The highest BCUT2D eigenvalue weighted by molar-refractivity contribution is 5.33. The number of benzene rings is 3. The molecule has 3 aromatic rings. The van der Waals surface area contributed by atoms with Crippen LogP contribution in [0.5, 0.6) is 0 Å². The maximum Gasteiger partial charge on any atom is 0.0237 e. The Balaban J connectivity index is 1.62. The standard InChI is InChI=1S/C31H40N2/c1-31(2,3)27-16-14-24(15-17-27)22-33(29-20-18-28(32)19-21-29)23-30(25-10-6-4-7-11-25)26-12-8-5-9-13-26/h4-17,28-30H,18-23,32H2,1-3H3. The summed E-state index contributed by atoms with van der Waals surface area (Å²) >= 11 is 0. The van der Waals surface area contributed by atoms with Crippen LogP contribution < -0.4 is 5.73 Å². The summed E-state index contributed by atoms with van der Waals surface area (Å²) in [7, 11) is 0. The van der Waals surface area contributed by atoms with Crippen molar-refractivity contribution in [2.75, 3.05) is 6.54 Å². The van der Waals surface area contributed by atoms with Crippen LogP contribution in [-0.4, -0.2) is 23.5 Å². The smallest absolute Gasteiger partial charge is 0.0237 e. The zero-order valence-corrected chi connectivity index (χ0v) is 20.6. The van der Waals surface area contributed by atoms with Gasteiger partial charge in [0, 0.05) is 31.1 Å². The Hall–Kier alpha value is -2.42. The summed E-state index contributed by atoms with van der Waals surface area (Å²) in [6.45, 7) is 8.85. The van der Waals surface area contributed by atoms with Gasteiger partial charge in [-0.2, -0.15) is 0 Å². The molecule has 0 heterocycles. The van der Waals surface area contributed by atoms with Crippen LogP contribution in [0, 0.1) is 0 Å². The monoisotopic (exact) mass is 440 g/mol. The molecular weight excluding hydrogens is 400 g/mol. The van der Waals surface area contributed by atoms with Gasteiger partial charge >= 0.3 is 0 Å². The minimum atomic E-state index is 0.184. The van der Waals surface area contributed by atoms with Crippen molar-refractivity contribution in [1.29, 1.82) is 0 Å². The summed E-state index contributed by atoms with van der Waals surface area (Å²) in [4.78, 5) is 2.74. The highest BCUT2D eigenvalue weighted by Crippen LogP contribution is 2.31. The molecule has 0 amide bonds. The second kappa shape index (κ2) is 10.7. The number of nitrogens with zero attached hydrogens (tertiary/aromatic N) is 1. The summed E-state index contributed by atoms with van der Waals surface area (Å²) in [6, 6.07) is 32.3. The zero-order chi connectivity index (χ0) is 23.3. The van der Waals surface area contributed by atoms with Crippen molar-refractivity contribution in [2.24, 2.45) is 5.73 Å². The molecule has 174 valence electrons. The third kappa shape index (κ3) is 6.34. The van der Waals surface area contributed by atoms with E-state index in [1.807, 2.05) is 0 Å². The van der Waals surface area contributed by atoms with Crippen molar-refractivity contribution in [3.63, 3.8) is 0 Å². The van der Waals surface area contributed by atoms with Crippen LogP contribution in [0.4, 0.5) is 0 Å². The first-order valence-electron chi connectivity index (χ1n) is 12.6. The Morgan fingerprint density at radius 2 is 1.27 bits per heavy atom. The Bertz CT molecular complexity index is 925. The van der Waals surface area contributed by atoms with E-state index in [0.717, 1.165) is 25.9 Å². The van der Waals surface area contributed by atoms with E-state index < -0.39 is 0 Å². The Labute approximate surface area is 200 Å². The average Bonchev–Trinajstić information content (AvgIpc) is 2.83. The van der Waals surface area contributed by atoms with Gasteiger partial charge in [-0.1, -0.05) is 106 Å². The zero-order valence-electron chi connectivity index (χ0n) is 20.6. The van der Waals surface area contributed by atoms with Crippen molar-refractivity contribution >= 4 is 0 Å². The number of hydrogen-bond donors (Lipinski definition) is 1. The fourth-order valence-corrected chi connectivity index (χ4v) is 5.16.